The van der Waals surface area contributed by atoms with Gasteiger partial charge in [0.05, 0.1) is 23.7 Å². The molecule has 0 bridgehead atoms. The van der Waals surface area contributed by atoms with E-state index in [1.807, 2.05) is 32.0 Å². The lowest BCUT2D eigenvalue weighted by Gasteiger charge is -2.16. The second-order valence-electron chi connectivity index (χ2n) is 5.67. The second kappa shape index (κ2) is 5.76. The Morgan fingerprint density at radius 2 is 1.96 bits per heavy atom. The van der Waals surface area contributed by atoms with Crippen LogP contribution in [0.5, 0.6) is 11.5 Å². The SMILES string of the molecule is COc1cccc(-n2c(C(C)C)nc3cc(O)ccc3c2=O)c1. The van der Waals surface area contributed by atoms with Crippen LogP contribution in [-0.2, 0) is 0 Å². The maximum absolute atomic E-state index is 13.0. The van der Waals surface area contributed by atoms with Crippen LogP contribution in [0.4, 0.5) is 0 Å². The Morgan fingerprint density at radius 1 is 1.17 bits per heavy atom. The molecule has 2 aromatic carbocycles. The highest BCUT2D eigenvalue weighted by atomic mass is 16.5. The Labute approximate surface area is 133 Å². The number of rotatable bonds is 3. The van der Waals surface area contributed by atoms with Gasteiger partial charge in [-0.2, -0.15) is 0 Å². The minimum Gasteiger partial charge on any atom is -0.508 e. The van der Waals surface area contributed by atoms with E-state index in [1.165, 1.54) is 12.1 Å². The molecular formula is C18H18N2O3. The number of hydrogen-bond donors (Lipinski definition) is 1. The summed E-state index contributed by atoms with van der Waals surface area (Å²) in [6, 6.07) is 11.9. The van der Waals surface area contributed by atoms with E-state index in [0.717, 1.165) is 0 Å². The standard InChI is InChI=1S/C18H18N2O3/c1-11(2)17-19-16-10-13(21)7-8-15(16)18(22)20(17)12-5-4-6-14(9-12)23-3/h4-11,21H,1-3H3. The summed E-state index contributed by atoms with van der Waals surface area (Å²) in [6.07, 6.45) is 0. The monoisotopic (exact) mass is 310 g/mol. The highest BCUT2D eigenvalue weighted by Gasteiger charge is 2.16. The van der Waals surface area contributed by atoms with Crippen LogP contribution in [0.1, 0.15) is 25.6 Å². The summed E-state index contributed by atoms with van der Waals surface area (Å²) in [5.41, 5.74) is 1.05. The fraction of sp³-hybridized carbons (Fsp3) is 0.222. The number of methoxy groups -OCH3 is 1. The van der Waals surface area contributed by atoms with Gasteiger partial charge in [0.15, 0.2) is 0 Å². The van der Waals surface area contributed by atoms with Crippen molar-refractivity contribution in [3.8, 4) is 17.2 Å². The number of hydrogen-bond acceptors (Lipinski definition) is 4. The van der Waals surface area contributed by atoms with Gasteiger partial charge < -0.3 is 9.84 Å². The van der Waals surface area contributed by atoms with Crippen LogP contribution in [0.3, 0.4) is 0 Å². The van der Waals surface area contributed by atoms with Gasteiger partial charge in [0.2, 0.25) is 0 Å². The lowest BCUT2D eigenvalue weighted by Crippen LogP contribution is -2.24. The molecule has 1 heterocycles. The number of fused-ring (bicyclic) bond motifs is 1. The number of phenols is 1. The lowest BCUT2D eigenvalue weighted by molar-refractivity contribution is 0.414. The third-order valence-electron chi connectivity index (χ3n) is 3.71. The summed E-state index contributed by atoms with van der Waals surface area (Å²) < 4.78 is 6.85. The molecule has 118 valence electrons. The van der Waals surface area contributed by atoms with Gasteiger partial charge in [0, 0.05) is 18.1 Å². The first kappa shape index (κ1) is 15.1. The van der Waals surface area contributed by atoms with E-state index in [2.05, 4.69) is 4.98 Å². The molecule has 0 aliphatic carbocycles. The van der Waals surface area contributed by atoms with Crippen molar-refractivity contribution in [2.75, 3.05) is 7.11 Å². The molecule has 0 fully saturated rings. The van der Waals surface area contributed by atoms with E-state index >= 15 is 0 Å². The van der Waals surface area contributed by atoms with E-state index in [9.17, 15) is 9.90 Å². The van der Waals surface area contributed by atoms with Gasteiger partial charge in [0.25, 0.3) is 5.56 Å². The van der Waals surface area contributed by atoms with Gasteiger partial charge in [-0.1, -0.05) is 19.9 Å². The third kappa shape index (κ3) is 2.65. The van der Waals surface area contributed by atoms with Gasteiger partial charge in [0.1, 0.15) is 17.3 Å². The predicted octanol–water partition coefficient (Wildman–Crippen LogP) is 3.22. The smallest absolute Gasteiger partial charge is 0.265 e. The molecule has 1 N–H and O–H groups in total. The Kier molecular flexibility index (Phi) is 3.78. The predicted molar refractivity (Wildman–Crippen MR) is 89.6 cm³/mol. The molecule has 3 aromatic rings. The van der Waals surface area contributed by atoms with Crippen LogP contribution in [0, 0.1) is 0 Å². The third-order valence-corrected chi connectivity index (χ3v) is 3.71. The molecule has 0 atom stereocenters. The summed E-state index contributed by atoms with van der Waals surface area (Å²) in [7, 11) is 1.59. The number of phenolic OH excluding ortho intramolecular Hbond substituents is 1. The number of ether oxygens (including phenoxy) is 1. The summed E-state index contributed by atoms with van der Waals surface area (Å²) in [5.74, 6) is 1.45. The van der Waals surface area contributed by atoms with Crippen LogP contribution in [0.2, 0.25) is 0 Å². The molecule has 0 aliphatic heterocycles. The van der Waals surface area contributed by atoms with Crippen molar-refractivity contribution in [2.24, 2.45) is 0 Å². The van der Waals surface area contributed by atoms with Crippen LogP contribution in [-0.4, -0.2) is 21.8 Å². The van der Waals surface area contributed by atoms with Gasteiger partial charge in [-0.05, 0) is 24.3 Å². The fourth-order valence-corrected chi connectivity index (χ4v) is 2.58. The summed E-state index contributed by atoms with van der Waals surface area (Å²) >= 11 is 0. The Hall–Kier alpha value is -2.82. The lowest BCUT2D eigenvalue weighted by atomic mass is 10.1. The maximum Gasteiger partial charge on any atom is 0.265 e. The van der Waals surface area contributed by atoms with Crippen LogP contribution < -0.4 is 10.3 Å². The molecule has 3 rings (SSSR count). The second-order valence-corrected chi connectivity index (χ2v) is 5.67. The van der Waals surface area contributed by atoms with Crippen molar-refractivity contribution >= 4 is 10.9 Å². The van der Waals surface area contributed by atoms with Crippen LogP contribution in [0.15, 0.2) is 47.3 Å². The Bertz CT molecular complexity index is 929. The van der Waals surface area contributed by atoms with Gasteiger partial charge in [-0.25, -0.2) is 4.98 Å². The minimum absolute atomic E-state index is 0.0423. The summed E-state index contributed by atoms with van der Waals surface area (Å²) in [5, 5.41) is 10.1. The zero-order valence-electron chi connectivity index (χ0n) is 13.3. The number of nitrogens with zero attached hydrogens (tertiary/aromatic N) is 2. The molecule has 0 amide bonds. The molecule has 0 unspecified atom stereocenters. The van der Waals surface area contributed by atoms with Crippen LogP contribution >= 0.6 is 0 Å². The maximum atomic E-state index is 13.0. The molecule has 0 saturated carbocycles. The van der Waals surface area contributed by atoms with Crippen molar-refractivity contribution in [2.45, 2.75) is 19.8 Å². The molecule has 1 aromatic heterocycles. The average molecular weight is 310 g/mol. The van der Waals surface area contributed by atoms with Crippen molar-refractivity contribution in [1.82, 2.24) is 9.55 Å². The molecule has 0 aliphatic rings. The molecule has 5 nitrogen and oxygen atoms in total. The molecule has 0 radical (unpaired) electrons. The molecule has 0 saturated heterocycles. The van der Waals surface area contributed by atoms with Crippen molar-refractivity contribution in [1.29, 1.82) is 0 Å². The highest BCUT2D eigenvalue weighted by molar-refractivity contribution is 5.79. The molecule has 23 heavy (non-hydrogen) atoms. The molecule has 0 spiro atoms. The number of aromatic hydroxyl groups is 1. The zero-order chi connectivity index (χ0) is 16.6. The minimum atomic E-state index is -0.160. The van der Waals surface area contributed by atoms with Gasteiger partial charge in [-0.3, -0.25) is 9.36 Å². The summed E-state index contributed by atoms with van der Waals surface area (Å²) in [4.78, 5) is 17.6. The van der Waals surface area contributed by atoms with E-state index in [0.29, 0.717) is 28.2 Å². The van der Waals surface area contributed by atoms with Crippen molar-refractivity contribution in [3.63, 3.8) is 0 Å². The zero-order valence-corrected chi connectivity index (χ0v) is 13.3. The fourth-order valence-electron chi connectivity index (χ4n) is 2.58. The topological polar surface area (TPSA) is 64.3 Å². The average Bonchev–Trinajstić information content (AvgIpc) is 2.54. The largest absolute Gasteiger partial charge is 0.508 e. The number of benzene rings is 2. The molecular weight excluding hydrogens is 292 g/mol. The van der Waals surface area contributed by atoms with E-state index in [1.54, 1.807) is 23.8 Å². The summed E-state index contributed by atoms with van der Waals surface area (Å²) in [6.45, 7) is 3.96. The highest BCUT2D eigenvalue weighted by Crippen LogP contribution is 2.23. The van der Waals surface area contributed by atoms with Crippen molar-refractivity contribution in [3.05, 3.63) is 58.6 Å². The van der Waals surface area contributed by atoms with Gasteiger partial charge in [-0.15, -0.1) is 0 Å². The van der Waals surface area contributed by atoms with E-state index < -0.39 is 0 Å². The number of aromatic nitrogens is 2. The quantitative estimate of drug-likeness (QED) is 0.806. The van der Waals surface area contributed by atoms with E-state index in [-0.39, 0.29) is 17.2 Å². The van der Waals surface area contributed by atoms with Crippen LogP contribution in [0.25, 0.3) is 16.6 Å². The van der Waals surface area contributed by atoms with E-state index in [4.69, 9.17) is 4.74 Å². The Morgan fingerprint density at radius 3 is 2.65 bits per heavy atom. The molecule has 5 heteroatoms. The normalized spacial score (nSPS) is 11.1. The van der Waals surface area contributed by atoms with Gasteiger partial charge >= 0.3 is 0 Å². The first-order valence-electron chi connectivity index (χ1n) is 7.41. The van der Waals surface area contributed by atoms with Crippen molar-refractivity contribution < 1.29 is 9.84 Å². The first-order valence-corrected chi connectivity index (χ1v) is 7.41. The Balaban J connectivity index is 2.38. The first-order chi connectivity index (χ1) is 11.0.